The fourth-order valence-electron chi connectivity index (χ4n) is 2.82. The van der Waals surface area contributed by atoms with Crippen LogP contribution in [0.2, 0.25) is 0 Å². The number of rotatable bonds is 7. The Bertz CT molecular complexity index is 970. The van der Waals surface area contributed by atoms with E-state index in [2.05, 4.69) is 10.3 Å². The van der Waals surface area contributed by atoms with Crippen LogP contribution >= 0.6 is 23.1 Å². The number of thiazole rings is 1. The summed E-state index contributed by atoms with van der Waals surface area (Å²) in [5.41, 5.74) is 1.36. The van der Waals surface area contributed by atoms with Gasteiger partial charge in [-0.3, -0.25) is 9.59 Å². The minimum absolute atomic E-state index is 0.0794. The van der Waals surface area contributed by atoms with Crippen molar-refractivity contribution in [3.63, 3.8) is 0 Å². The molecule has 1 aromatic carbocycles. The van der Waals surface area contributed by atoms with E-state index in [-0.39, 0.29) is 22.5 Å². The number of carbonyl (C=O) groups excluding carboxylic acids is 2. The molecule has 7 nitrogen and oxygen atoms in total. The summed E-state index contributed by atoms with van der Waals surface area (Å²) >= 11 is 2.96. The molecule has 1 atom stereocenters. The van der Waals surface area contributed by atoms with Gasteiger partial charge < -0.3 is 5.32 Å². The zero-order chi connectivity index (χ0) is 20.3. The molecule has 2 aromatic rings. The Morgan fingerprint density at radius 1 is 1.29 bits per heavy atom. The first-order valence-electron chi connectivity index (χ1n) is 8.68. The molecule has 10 heteroatoms. The van der Waals surface area contributed by atoms with Crippen molar-refractivity contribution < 1.29 is 18.0 Å². The van der Waals surface area contributed by atoms with Crippen molar-refractivity contribution >= 4 is 44.8 Å². The number of aryl methyl sites for hydroxylation is 1. The van der Waals surface area contributed by atoms with Gasteiger partial charge in [-0.15, -0.1) is 23.1 Å². The number of amides is 1. The van der Waals surface area contributed by atoms with Crippen LogP contribution in [0.4, 0.5) is 0 Å². The van der Waals surface area contributed by atoms with Crippen LogP contribution in [-0.4, -0.2) is 53.6 Å². The van der Waals surface area contributed by atoms with E-state index in [0.29, 0.717) is 24.3 Å². The highest BCUT2D eigenvalue weighted by molar-refractivity contribution is 8.00. The Hall–Kier alpha value is -1.75. The van der Waals surface area contributed by atoms with E-state index in [1.165, 1.54) is 47.3 Å². The van der Waals surface area contributed by atoms with Crippen molar-refractivity contribution in [3.05, 3.63) is 45.9 Å². The zero-order valence-corrected chi connectivity index (χ0v) is 18.0. The molecule has 0 unspecified atom stereocenters. The maximum atomic E-state index is 13.0. The molecular weight excluding hydrogens is 418 g/mol. The van der Waals surface area contributed by atoms with E-state index in [9.17, 15) is 18.0 Å². The van der Waals surface area contributed by atoms with Crippen molar-refractivity contribution in [3.8, 4) is 0 Å². The molecular formula is C18H21N3O4S3. The number of benzene rings is 1. The SMILES string of the molecule is CC(=O)c1ccc(S(=O)(=O)N2CSC[C@@H]2C(=O)NCCc2csc(C)n2)cc1. The number of carbonyl (C=O) groups is 2. The molecule has 28 heavy (non-hydrogen) atoms. The second-order valence-electron chi connectivity index (χ2n) is 6.39. The van der Waals surface area contributed by atoms with Gasteiger partial charge in [0.05, 0.1) is 21.5 Å². The van der Waals surface area contributed by atoms with E-state index < -0.39 is 16.1 Å². The third-order valence-electron chi connectivity index (χ3n) is 4.36. The standard InChI is InChI=1S/C18H21N3O4S3/c1-12(22)14-3-5-16(6-4-14)28(24,25)21-11-26-10-17(21)18(23)19-8-7-15-9-27-13(2)20-15/h3-6,9,17H,7-8,10-11H2,1-2H3,(H,19,23)/t17-/m1/s1. The van der Waals surface area contributed by atoms with Gasteiger partial charge in [-0.25, -0.2) is 13.4 Å². The van der Waals surface area contributed by atoms with Crippen molar-refractivity contribution in [2.24, 2.45) is 0 Å². The number of aromatic nitrogens is 1. The molecule has 0 radical (unpaired) electrons. The van der Waals surface area contributed by atoms with Gasteiger partial charge >= 0.3 is 0 Å². The smallest absolute Gasteiger partial charge is 0.244 e. The molecule has 3 rings (SSSR count). The fraction of sp³-hybridized carbons (Fsp3) is 0.389. The van der Waals surface area contributed by atoms with Crippen LogP contribution in [0, 0.1) is 6.92 Å². The first-order valence-corrected chi connectivity index (χ1v) is 12.2. The van der Waals surface area contributed by atoms with Crippen molar-refractivity contribution in [2.75, 3.05) is 18.2 Å². The fourth-order valence-corrected chi connectivity index (χ4v) is 6.62. The lowest BCUT2D eigenvalue weighted by molar-refractivity contribution is -0.123. The summed E-state index contributed by atoms with van der Waals surface area (Å²) in [6.45, 7) is 3.76. The Labute approximate surface area is 172 Å². The highest BCUT2D eigenvalue weighted by Crippen LogP contribution is 2.28. The first kappa shape index (κ1) is 21.0. The van der Waals surface area contributed by atoms with Crippen LogP contribution in [0.3, 0.4) is 0 Å². The molecule has 2 heterocycles. The molecule has 0 aliphatic carbocycles. The normalized spacial score (nSPS) is 17.6. The lowest BCUT2D eigenvalue weighted by Crippen LogP contribution is -2.47. The second-order valence-corrected chi connectivity index (χ2v) is 10.3. The summed E-state index contributed by atoms with van der Waals surface area (Å²) in [7, 11) is -3.82. The summed E-state index contributed by atoms with van der Waals surface area (Å²) in [6.07, 6.45) is 0.606. The van der Waals surface area contributed by atoms with Crippen molar-refractivity contribution in [1.29, 1.82) is 0 Å². The summed E-state index contributed by atoms with van der Waals surface area (Å²) < 4.78 is 27.2. The third-order valence-corrected chi connectivity index (χ3v) is 8.23. The lowest BCUT2D eigenvalue weighted by Gasteiger charge is -2.22. The first-order chi connectivity index (χ1) is 13.3. The number of thioether (sulfide) groups is 1. The highest BCUT2D eigenvalue weighted by atomic mass is 32.2. The van der Waals surface area contributed by atoms with Crippen LogP contribution in [0.25, 0.3) is 0 Å². The number of nitrogens with zero attached hydrogens (tertiary/aromatic N) is 2. The monoisotopic (exact) mass is 439 g/mol. The lowest BCUT2D eigenvalue weighted by atomic mass is 10.2. The Kier molecular flexibility index (Phi) is 6.54. The van der Waals surface area contributed by atoms with Gasteiger partial charge in [-0.2, -0.15) is 4.31 Å². The van der Waals surface area contributed by atoms with E-state index in [4.69, 9.17) is 0 Å². The van der Waals surface area contributed by atoms with Gasteiger partial charge in [-0.05, 0) is 26.0 Å². The number of ketones is 1. The van der Waals surface area contributed by atoms with Crippen LogP contribution in [0.1, 0.15) is 28.0 Å². The summed E-state index contributed by atoms with van der Waals surface area (Å²) in [4.78, 5) is 28.4. The molecule has 1 aliphatic heterocycles. The Morgan fingerprint density at radius 3 is 2.61 bits per heavy atom. The number of hydrogen-bond donors (Lipinski definition) is 1. The minimum atomic E-state index is -3.82. The summed E-state index contributed by atoms with van der Waals surface area (Å²) in [6, 6.07) is 5.05. The van der Waals surface area contributed by atoms with E-state index in [1.807, 2.05) is 12.3 Å². The second kappa shape index (κ2) is 8.73. The van der Waals surface area contributed by atoms with Crippen molar-refractivity contribution in [1.82, 2.24) is 14.6 Å². The molecule has 1 aromatic heterocycles. The molecule has 0 bridgehead atoms. The number of sulfonamides is 1. The quantitative estimate of drug-likeness (QED) is 0.664. The molecule has 1 amide bonds. The molecule has 1 fully saturated rings. The molecule has 0 spiro atoms. The Morgan fingerprint density at radius 2 is 2.00 bits per heavy atom. The minimum Gasteiger partial charge on any atom is -0.354 e. The summed E-state index contributed by atoms with van der Waals surface area (Å²) in [5, 5.41) is 5.75. The Balaban J connectivity index is 1.66. The van der Waals surface area contributed by atoms with Gasteiger partial charge in [0.25, 0.3) is 0 Å². The van der Waals surface area contributed by atoms with Crippen molar-refractivity contribution in [2.45, 2.75) is 31.2 Å². The average molecular weight is 440 g/mol. The maximum Gasteiger partial charge on any atom is 0.244 e. The zero-order valence-electron chi connectivity index (χ0n) is 15.5. The average Bonchev–Trinajstić information content (AvgIpc) is 3.31. The largest absolute Gasteiger partial charge is 0.354 e. The van der Waals surface area contributed by atoms with E-state index >= 15 is 0 Å². The van der Waals surface area contributed by atoms with Gasteiger partial charge in [0.2, 0.25) is 15.9 Å². The molecule has 1 saturated heterocycles. The van der Waals surface area contributed by atoms with Gasteiger partial charge in [0.1, 0.15) is 6.04 Å². The molecule has 1 N–H and O–H groups in total. The van der Waals surface area contributed by atoms with Crippen LogP contribution in [-0.2, 0) is 21.2 Å². The van der Waals surface area contributed by atoms with Crippen LogP contribution in [0.15, 0.2) is 34.5 Å². The van der Waals surface area contributed by atoms with Crippen LogP contribution in [0.5, 0.6) is 0 Å². The molecule has 1 aliphatic rings. The predicted molar refractivity (Wildman–Crippen MR) is 110 cm³/mol. The van der Waals surface area contributed by atoms with Gasteiger partial charge in [0, 0.05) is 29.7 Å². The van der Waals surface area contributed by atoms with Gasteiger partial charge in [-0.1, -0.05) is 12.1 Å². The number of Topliss-reactive ketones (excluding diaryl/α,β-unsaturated/α-hetero) is 1. The van der Waals surface area contributed by atoms with Crippen LogP contribution < -0.4 is 5.32 Å². The summed E-state index contributed by atoms with van der Waals surface area (Å²) in [5.74, 6) is 0.196. The number of nitrogens with one attached hydrogen (secondary N) is 1. The highest BCUT2D eigenvalue weighted by Gasteiger charge is 2.39. The maximum absolute atomic E-state index is 13.0. The van der Waals surface area contributed by atoms with E-state index in [0.717, 1.165) is 10.7 Å². The topological polar surface area (TPSA) is 96.4 Å². The van der Waals surface area contributed by atoms with Gasteiger partial charge in [0.15, 0.2) is 5.78 Å². The van der Waals surface area contributed by atoms with E-state index in [1.54, 1.807) is 11.3 Å². The molecule has 0 saturated carbocycles. The third kappa shape index (κ3) is 4.62. The molecule has 150 valence electrons. The number of hydrogen-bond acceptors (Lipinski definition) is 7. The predicted octanol–water partition coefficient (Wildman–Crippen LogP) is 2.08.